The minimum absolute atomic E-state index is 0.0733. The summed E-state index contributed by atoms with van der Waals surface area (Å²) in [6, 6.07) is 7.53. The lowest BCUT2D eigenvalue weighted by molar-refractivity contribution is 0.0620. The van der Waals surface area contributed by atoms with Crippen molar-refractivity contribution in [2.45, 2.75) is 13.5 Å². The lowest BCUT2D eigenvalue weighted by atomic mass is 10.2. The summed E-state index contributed by atoms with van der Waals surface area (Å²) in [5.41, 5.74) is 1.43. The number of rotatable bonds is 5. The minimum atomic E-state index is -0.0733. The van der Waals surface area contributed by atoms with E-state index in [-0.39, 0.29) is 5.91 Å². The van der Waals surface area contributed by atoms with E-state index in [1.165, 1.54) is 6.33 Å². The van der Waals surface area contributed by atoms with Crippen LogP contribution in [-0.4, -0.2) is 63.4 Å². The molecule has 0 spiro atoms. The van der Waals surface area contributed by atoms with Crippen molar-refractivity contribution in [3.63, 3.8) is 0 Å². The maximum absolute atomic E-state index is 12.6. The quantitative estimate of drug-likeness (QED) is 0.822. The molecule has 2 aromatic rings. The lowest BCUT2D eigenvalue weighted by Gasteiger charge is -2.34. The average molecular weight is 327 g/mol. The van der Waals surface area contributed by atoms with E-state index >= 15 is 0 Å². The molecule has 0 atom stereocenters. The van der Waals surface area contributed by atoms with Crippen LogP contribution in [0.5, 0.6) is 5.88 Å². The van der Waals surface area contributed by atoms with Gasteiger partial charge in [-0.15, -0.1) is 0 Å². The first kappa shape index (κ1) is 16.3. The van der Waals surface area contributed by atoms with Crippen molar-refractivity contribution in [2.24, 2.45) is 0 Å². The van der Waals surface area contributed by atoms with Gasteiger partial charge in [0, 0.05) is 45.0 Å². The van der Waals surface area contributed by atoms with Gasteiger partial charge >= 0.3 is 0 Å². The molecule has 0 aromatic carbocycles. The predicted molar refractivity (Wildman–Crippen MR) is 88.6 cm³/mol. The molecule has 1 fully saturated rings. The normalized spacial score (nSPS) is 15.3. The topological polar surface area (TPSA) is 71.5 Å². The molecule has 24 heavy (non-hydrogen) atoms. The Morgan fingerprint density at radius 3 is 2.71 bits per heavy atom. The molecule has 0 aliphatic carbocycles. The lowest BCUT2D eigenvalue weighted by Crippen LogP contribution is -2.48. The number of ether oxygens (including phenoxy) is 1. The third-order valence-electron chi connectivity index (χ3n) is 3.92. The van der Waals surface area contributed by atoms with Crippen molar-refractivity contribution in [1.29, 1.82) is 0 Å². The largest absolute Gasteiger partial charge is 0.478 e. The summed E-state index contributed by atoms with van der Waals surface area (Å²) >= 11 is 0. The second kappa shape index (κ2) is 7.83. The highest BCUT2D eigenvalue weighted by molar-refractivity contribution is 5.92. The first-order valence-electron chi connectivity index (χ1n) is 8.12. The maximum Gasteiger partial charge on any atom is 0.272 e. The Hall–Kier alpha value is -2.54. The van der Waals surface area contributed by atoms with Gasteiger partial charge in [0.05, 0.1) is 12.3 Å². The minimum Gasteiger partial charge on any atom is -0.478 e. The van der Waals surface area contributed by atoms with E-state index in [9.17, 15) is 4.79 Å². The number of aromatic nitrogens is 3. The number of carbonyl (C=O) groups excluding carboxylic acids is 1. The molecule has 0 radical (unpaired) electrons. The summed E-state index contributed by atoms with van der Waals surface area (Å²) in [4.78, 5) is 29.1. The van der Waals surface area contributed by atoms with Gasteiger partial charge in [0.2, 0.25) is 5.88 Å². The highest BCUT2D eigenvalue weighted by Crippen LogP contribution is 2.12. The molecule has 0 unspecified atom stereocenters. The molecule has 126 valence electrons. The van der Waals surface area contributed by atoms with Crippen molar-refractivity contribution in [2.75, 3.05) is 32.8 Å². The monoisotopic (exact) mass is 327 g/mol. The number of hydrogen-bond donors (Lipinski definition) is 0. The Balaban J connectivity index is 1.56. The summed E-state index contributed by atoms with van der Waals surface area (Å²) in [5, 5.41) is 0. The summed E-state index contributed by atoms with van der Waals surface area (Å²) in [7, 11) is 0. The van der Waals surface area contributed by atoms with E-state index in [1.807, 2.05) is 30.0 Å². The highest BCUT2D eigenvalue weighted by atomic mass is 16.5. The van der Waals surface area contributed by atoms with Crippen molar-refractivity contribution in [3.8, 4) is 5.88 Å². The standard InChI is InChI=1S/C17H21N5O2/c1-2-24-16-11-15(19-13-20-16)17(23)22-9-7-21(8-10-22)12-14-5-3-4-6-18-14/h3-6,11,13H,2,7-10,12H2,1H3. The second-order valence-electron chi connectivity index (χ2n) is 5.56. The second-order valence-corrected chi connectivity index (χ2v) is 5.56. The Labute approximate surface area is 141 Å². The van der Waals surface area contributed by atoms with E-state index in [1.54, 1.807) is 12.3 Å². The number of amides is 1. The zero-order chi connectivity index (χ0) is 16.8. The van der Waals surface area contributed by atoms with Crippen LogP contribution in [0.3, 0.4) is 0 Å². The molecule has 1 aliphatic rings. The van der Waals surface area contributed by atoms with E-state index in [0.717, 1.165) is 25.3 Å². The van der Waals surface area contributed by atoms with Gasteiger partial charge in [-0.25, -0.2) is 9.97 Å². The van der Waals surface area contributed by atoms with Crippen LogP contribution in [0.2, 0.25) is 0 Å². The molecule has 0 bridgehead atoms. The molecular weight excluding hydrogens is 306 g/mol. The first-order chi connectivity index (χ1) is 11.8. The highest BCUT2D eigenvalue weighted by Gasteiger charge is 2.23. The number of carbonyl (C=O) groups is 1. The molecule has 0 N–H and O–H groups in total. The van der Waals surface area contributed by atoms with Gasteiger partial charge in [0.15, 0.2) is 0 Å². The molecule has 2 aromatic heterocycles. The van der Waals surface area contributed by atoms with Gasteiger partial charge in [-0.1, -0.05) is 6.07 Å². The van der Waals surface area contributed by atoms with Gasteiger partial charge in [-0.3, -0.25) is 14.7 Å². The number of piperazine rings is 1. The van der Waals surface area contributed by atoms with E-state index in [4.69, 9.17) is 4.74 Å². The van der Waals surface area contributed by atoms with Gasteiger partial charge in [-0.2, -0.15) is 0 Å². The third-order valence-corrected chi connectivity index (χ3v) is 3.92. The third kappa shape index (κ3) is 4.05. The van der Waals surface area contributed by atoms with Crippen LogP contribution < -0.4 is 4.74 Å². The van der Waals surface area contributed by atoms with Crippen LogP contribution in [0.4, 0.5) is 0 Å². The summed E-state index contributed by atoms with van der Waals surface area (Å²) in [6.07, 6.45) is 3.18. The molecular formula is C17H21N5O2. The van der Waals surface area contributed by atoms with Gasteiger partial charge in [-0.05, 0) is 19.1 Å². The summed E-state index contributed by atoms with van der Waals surface area (Å²) in [5.74, 6) is 0.362. The fourth-order valence-corrected chi connectivity index (χ4v) is 2.68. The molecule has 0 saturated carbocycles. The molecule has 3 heterocycles. The Morgan fingerprint density at radius 1 is 1.17 bits per heavy atom. The molecule has 1 aliphatic heterocycles. The maximum atomic E-state index is 12.6. The number of nitrogens with zero attached hydrogens (tertiary/aromatic N) is 5. The fraction of sp³-hybridized carbons (Fsp3) is 0.412. The van der Waals surface area contributed by atoms with Crippen molar-refractivity contribution >= 4 is 5.91 Å². The van der Waals surface area contributed by atoms with Crippen molar-refractivity contribution < 1.29 is 9.53 Å². The smallest absolute Gasteiger partial charge is 0.272 e. The number of hydrogen-bond acceptors (Lipinski definition) is 6. The van der Waals surface area contributed by atoms with Gasteiger partial charge in [0.25, 0.3) is 5.91 Å². The van der Waals surface area contributed by atoms with E-state index in [0.29, 0.717) is 31.3 Å². The molecule has 7 nitrogen and oxygen atoms in total. The molecule has 7 heteroatoms. The zero-order valence-corrected chi connectivity index (χ0v) is 13.8. The summed E-state index contributed by atoms with van der Waals surface area (Å²) < 4.78 is 5.33. The van der Waals surface area contributed by atoms with E-state index < -0.39 is 0 Å². The van der Waals surface area contributed by atoms with Crippen LogP contribution in [0, 0.1) is 0 Å². The van der Waals surface area contributed by atoms with Gasteiger partial charge in [0.1, 0.15) is 12.0 Å². The number of pyridine rings is 1. The van der Waals surface area contributed by atoms with Crippen LogP contribution in [-0.2, 0) is 6.54 Å². The summed E-state index contributed by atoms with van der Waals surface area (Å²) in [6.45, 7) is 6.21. The van der Waals surface area contributed by atoms with Gasteiger partial charge < -0.3 is 9.64 Å². The molecule has 3 rings (SSSR count). The van der Waals surface area contributed by atoms with Crippen LogP contribution >= 0.6 is 0 Å². The fourth-order valence-electron chi connectivity index (χ4n) is 2.68. The molecule has 1 saturated heterocycles. The van der Waals surface area contributed by atoms with E-state index in [2.05, 4.69) is 19.9 Å². The van der Waals surface area contributed by atoms with Crippen LogP contribution in [0.15, 0.2) is 36.8 Å². The van der Waals surface area contributed by atoms with Crippen molar-refractivity contribution in [1.82, 2.24) is 24.8 Å². The SMILES string of the molecule is CCOc1cc(C(=O)N2CCN(Cc3ccccn3)CC2)ncn1. The van der Waals surface area contributed by atoms with Crippen molar-refractivity contribution in [3.05, 3.63) is 48.2 Å². The van der Waals surface area contributed by atoms with Crippen LogP contribution in [0.25, 0.3) is 0 Å². The Morgan fingerprint density at radius 2 is 2.00 bits per heavy atom. The Bertz CT molecular complexity index is 672. The van der Waals surface area contributed by atoms with Crippen LogP contribution in [0.1, 0.15) is 23.1 Å². The zero-order valence-electron chi connectivity index (χ0n) is 13.8. The average Bonchev–Trinajstić information content (AvgIpc) is 2.63. The molecule has 1 amide bonds. The first-order valence-corrected chi connectivity index (χ1v) is 8.12. The Kier molecular flexibility index (Phi) is 5.32. The predicted octanol–water partition coefficient (Wildman–Crippen LogP) is 1.23.